The summed E-state index contributed by atoms with van der Waals surface area (Å²) >= 11 is 0. The van der Waals surface area contributed by atoms with Crippen molar-refractivity contribution in [1.82, 2.24) is 19.5 Å². The lowest BCUT2D eigenvalue weighted by Crippen LogP contribution is -2.37. The molecule has 0 atom stereocenters. The Morgan fingerprint density at radius 2 is 1.92 bits per heavy atom. The maximum atomic E-state index is 13.6. The van der Waals surface area contributed by atoms with Crippen LogP contribution in [0.25, 0.3) is 5.65 Å². The van der Waals surface area contributed by atoms with Gasteiger partial charge >= 0.3 is 6.18 Å². The summed E-state index contributed by atoms with van der Waals surface area (Å²) in [7, 11) is -3.20. The third-order valence-electron chi connectivity index (χ3n) is 6.90. The van der Waals surface area contributed by atoms with Crippen LogP contribution in [-0.4, -0.2) is 72.4 Å². The molecule has 37 heavy (non-hydrogen) atoms. The molecule has 3 aromatic rings. The van der Waals surface area contributed by atoms with E-state index in [2.05, 4.69) is 0 Å². The van der Waals surface area contributed by atoms with E-state index in [-0.39, 0.29) is 30.2 Å². The summed E-state index contributed by atoms with van der Waals surface area (Å²) in [6, 6.07) is 5.86. The van der Waals surface area contributed by atoms with Gasteiger partial charge in [0.05, 0.1) is 41.6 Å². The van der Waals surface area contributed by atoms with Crippen molar-refractivity contribution >= 4 is 27.0 Å². The SMILES string of the molecule is Cc1c(Cc2c(CN3CCCS(=O)(=O)C3)nc3c(N)cc(N4CCOCC4)nn23)cccc1C(F)(F)F. The molecule has 9 nitrogen and oxygen atoms in total. The highest BCUT2D eigenvalue weighted by atomic mass is 32.2. The van der Waals surface area contributed by atoms with Crippen LogP contribution in [0.3, 0.4) is 0 Å². The Balaban J connectivity index is 1.61. The Morgan fingerprint density at radius 3 is 2.62 bits per heavy atom. The normalized spacial score (nSPS) is 19.0. The van der Waals surface area contributed by atoms with E-state index in [0.717, 1.165) is 6.07 Å². The van der Waals surface area contributed by atoms with E-state index in [1.54, 1.807) is 21.5 Å². The Kier molecular flexibility index (Phi) is 6.79. The van der Waals surface area contributed by atoms with Gasteiger partial charge in [-0.1, -0.05) is 12.1 Å². The lowest BCUT2D eigenvalue weighted by atomic mass is 9.98. The molecule has 13 heteroatoms. The van der Waals surface area contributed by atoms with Crippen LogP contribution in [0.5, 0.6) is 0 Å². The number of fused-ring (bicyclic) bond motifs is 1. The average molecular weight is 539 g/mol. The Labute approximate surface area is 212 Å². The van der Waals surface area contributed by atoms with Gasteiger partial charge in [-0.15, -0.1) is 5.10 Å². The van der Waals surface area contributed by atoms with E-state index in [4.69, 9.17) is 20.6 Å². The number of morpholine rings is 1. The highest BCUT2D eigenvalue weighted by Crippen LogP contribution is 2.34. The second-order valence-electron chi connectivity index (χ2n) is 9.55. The van der Waals surface area contributed by atoms with Gasteiger partial charge in [-0.05, 0) is 30.5 Å². The molecule has 0 amide bonds. The van der Waals surface area contributed by atoms with Crippen molar-refractivity contribution in [1.29, 1.82) is 0 Å². The number of nitrogen functional groups attached to an aromatic ring is 1. The van der Waals surface area contributed by atoms with E-state index < -0.39 is 21.6 Å². The van der Waals surface area contributed by atoms with E-state index in [1.807, 2.05) is 4.90 Å². The Hall–Kier alpha value is -2.90. The minimum atomic E-state index is -4.48. The lowest BCUT2D eigenvalue weighted by molar-refractivity contribution is -0.138. The fraction of sp³-hybridized carbons (Fsp3) is 0.500. The van der Waals surface area contributed by atoms with Gasteiger partial charge in [-0.3, -0.25) is 4.90 Å². The van der Waals surface area contributed by atoms with Crippen molar-refractivity contribution in [2.24, 2.45) is 0 Å². The topological polar surface area (TPSA) is 106 Å². The van der Waals surface area contributed by atoms with Crippen molar-refractivity contribution < 1.29 is 26.3 Å². The monoisotopic (exact) mass is 538 g/mol. The first-order valence-electron chi connectivity index (χ1n) is 12.1. The highest BCUT2D eigenvalue weighted by Gasteiger charge is 2.33. The minimum Gasteiger partial charge on any atom is -0.396 e. The summed E-state index contributed by atoms with van der Waals surface area (Å²) in [6.07, 6.45) is -3.83. The number of imidazole rings is 1. The van der Waals surface area contributed by atoms with Gasteiger partial charge in [0, 0.05) is 38.7 Å². The van der Waals surface area contributed by atoms with Crippen LogP contribution in [-0.2, 0) is 33.7 Å². The van der Waals surface area contributed by atoms with E-state index in [0.29, 0.717) is 73.4 Å². The van der Waals surface area contributed by atoms with Crippen LogP contribution < -0.4 is 10.6 Å². The summed E-state index contributed by atoms with van der Waals surface area (Å²) in [5, 5.41) is 4.78. The molecule has 2 aliphatic rings. The van der Waals surface area contributed by atoms with Gasteiger partial charge in [0.25, 0.3) is 0 Å². The van der Waals surface area contributed by atoms with Gasteiger partial charge < -0.3 is 15.4 Å². The van der Waals surface area contributed by atoms with Crippen LogP contribution in [0.4, 0.5) is 24.7 Å². The number of nitrogens with zero attached hydrogens (tertiary/aromatic N) is 5. The number of benzene rings is 1. The predicted molar refractivity (Wildman–Crippen MR) is 133 cm³/mol. The van der Waals surface area contributed by atoms with Crippen LogP contribution in [0.15, 0.2) is 24.3 Å². The molecule has 5 rings (SSSR count). The Morgan fingerprint density at radius 1 is 1.16 bits per heavy atom. The number of sulfone groups is 1. The lowest BCUT2D eigenvalue weighted by Gasteiger charge is -2.28. The zero-order valence-corrected chi connectivity index (χ0v) is 21.3. The average Bonchev–Trinajstić information content (AvgIpc) is 3.17. The maximum absolute atomic E-state index is 13.6. The van der Waals surface area contributed by atoms with Gasteiger partial charge in [0.15, 0.2) is 21.3 Å². The summed E-state index contributed by atoms with van der Waals surface area (Å²) in [5.41, 5.74) is 8.23. The molecule has 0 bridgehead atoms. The van der Waals surface area contributed by atoms with E-state index in [9.17, 15) is 21.6 Å². The Bertz CT molecular complexity index is 1420. The number of nitrogens with two attached hydrogens (primary N) is 1. The molecular weight excluding hydrogens is 509 g/mol. The van der Waals surface area contributed by atoms with E-state index >= 15 is 0 Å². The molecule has 0 aliphatic carbocycles. The first-order chi connectivity index (χ1) is 17.5. The third-order valence-corrected chi connectivity index (χ3v) is 8.57. The quantitative estimate of drug-likeness (QED) is 0.529. The van der Waals surface area contributed by atoms with Gasteiger partial charge in [0.1, 0.15) is 5.88 Å². The van der Waals surface area contributed by atoms with Crippen LogP contribution >= 0.6 is 0 Å². The first kappa shape index (κ1) is 25.7. The predicted octanol–water partition coefficient (Wildman–Crippen LogP) is 2.64. The summed E-state index contributed by atoms with van der Waals surface area (Å²) in [4.78, 5) is 8.54. The number of rotatable bonds is 5. The number of hydrogen-bond donors (Lipinski definition) is 1. The molecule has 2 fully saturated rings. The molecule has 2 aromatic heterocycles. The molecule has 4 heterocycles. The van der Waals surface area contributed by atoms with Crippen molar-refractivity contribution in [3.05, 3.63) is 52.3 Å². The molecule has 0 unspecified atom stereocenters. The van der Waals surface area contributed by atoms with Gasteiger partial charge in [-0.25, -0.2) is 17.9 Å². The molecule has 2 aliphatic heterocycles. The fourth-order valence-electron chi connectivity index (χ4n) is 4.98. The molecule has 2 N–H and O–H groups in total. The largest absolute Gasteiger partial charge is 0.416 e. The number of aromatic nitrogens is 3. The number of ether oxygens (including phenoxy) is 1. The fourth-order valence-corrected chi connectivity index (χ4v) is 6.46. The third kappa shape index (κ3) is 5.39. The standard InChI is InChI=1S/C24H29F3N6O3S/c1-16-17(4-2-5-18(16)24(25,26)27)12-21-20(14-31-6-3-11-37(34,35)15-31)29-23-19(28)13-22(30-33(21)23)32-7-9-36-10-8-32/h2,4-5,13H,3,6-12,14-15,28H2,1H3. The van der Waals surface area contributed by atoms with Gasteiger partial charge in [0.2, 0.25) is 0 Å². The summed E-state index contributed by atoms with van der Waals surface area (Å²) < 4.78 is 72.3. The summed E-state index contributed by atoms with van der Waals surface area (Å²) in [6.45, 7) is 4.63. The van der Waals surface area contributed by atoms with Gasteiger partial charge in [-0.2, -0.15) is 13.2 Å². The second-order valence-corrected chi connectivity index (χ2v) is 11.7. The number of anilines is 2. The van der Waals surface area contributed by atoms with Crippen molar-refractivity contribution in [3.8, 4) is 0 Å². The molecule has 2 saturated heterocycles. The molecule has 200 valence electrons. The minimum absolute atomic E-state index is 0.0924. The maximum Gasteiger partial charge on any atom is 0.416 e. The molecule has 0 spiro atoms. The smallest absolute Gasteiger partial charge is 0.396 e. The molecular formula is C24H29F3N6O3S. The zero-order valence-electron chi connectivity index (χ0n) is 20.5. The zero-order chi connectivity index (χ0) is 26.4. The van der Waals surface area contributed by atoms with Crippen molar-refractivity contribution in [2.45, 2.75) is 32.5 Å². The molecule has 0 saturated carbocycles. The van der Waals surface area contributed by atoms with E-state index in [1.165, 1.54) is 13.0 Å². The van der Waals surface area contributed by atoms with Crippen molar-refractivity contribution in [3.63, 3.8) is 0 Å². The number of alkyl halides is 3. The summed E-state index contributed by atoms with van der Waals surface area (Å²) in [5.74, 6) is 0.674. The highest BCUT2D eigenvalue weighted by molar-refractivity contribution is 7.91. The van der Waals surface area contributed by atoms with Crippen LogP contribution in [0, 0.1) is 6.92 Å². The molecule has 1 aromatic carbocycles. The van der Waals surface area contributed by atoms with Crippen LogP contribution in [0.1, 0.15) is 34.5 Å². The number of hydrogen-bond acceptors (Lipinski definition) is 8. The van der Waals surface area contributed by atoms with Crippen LogP contribution in [0.2, 0.25) is 0 Å². The molecule has 0 radical (unpaired) electrons. The number of halogens is 3. The first-order valence-corrected chi connectivity index (χ1v) is 13.9. The van der Waals surface area contributed by atoms with Crippen molar-refractivity contribution in [2.75, 3.05) is 55.1 Å². The second kappa shape index (κ2) is 9.76.